The van der Waals surface area contributed by atoms with Crippen LogP contribution in [0.4, 0.5) is 5.95 Å². The molecule has 0 saturated carbocycles. The molecule has 1 N–H and O–H groups in total. The van der Waals surface area contributed by atoms with Crippen LogP contribution in [0.2, 0.25) is 41.8 Å². The monoisotopic (exact) mass is 653 g/mol. The number of aromatic nitrogens is 4. The molecule has 15 heteroatoms. The van der Waals surface area contributed by atoms with Gasteiger partial charge in [0.15, 0.2) is 25.7 Å². The Hall–Kier alpha value is -1.73. The highest BCUT2D eigenvalue weighted by atomic mass is 28.5. The third-order valence-corrected chi connectivity index (χ3v) is 19.5. The summed E-state index contributed by atoms with van der Waals surface area (Å²) in [6.07, 6.45) is -0.283. The van der Waals surface area contributed by atoms with E-state index in [1.165, 1.54) is 14.0 Å². The van der Waals surface area contributed by atoms with Gasteiger partial charge >= 0.3 is 17.1 Å². The van der Waals surface area contributed by atoms with Gasteiger partial charge in [0, 0.05) is 6.92 Å². The molecule has 2 aromatic heterocycles. The molecule has 0 bridgehead atoms. The molecule has 4 rings (SSSR count). The van der Waals surface area contributed by atoms with Crippen molar-refractivity contribution < 1.29 is 31.7 Å². The zero-order valence-corrected chi connectivity index (χ0v) is 31.0. The number of fused-ring (bicyclic) bond motifs is 2. The first-order valence-corrected chi connectivity index (χ1v) is 22.7. The Morgan fingerprint density at radius 2 is 1.63 bits per heavy atom. The quantitative estimate of drug-likeness (QED) is 0.328. The minimum absolute atomic E-state index is 0.119. The van der Waals surface area contributed by atoms with Crippen molar-refractivity contribution in [3.05, 3.63) is 6.33 Å². The van der Waals surface area contributed by atoms with Crippen LogP contribution in [-0.4, -0.2) is 82.9 Å². The molecular weight excluding hydrogens is 603 g/mol. The lowest BCUT2D eigenvalue weighted by molar-refractivity contribution is -0.114. The Morgan fingerprint density at radius 3 is 2.14 bits per heavy atom. The molecule has 0 radical (unpaired) electrons. The highest BCUT2D eigenvalue weighted by molar-refractivity contribution is 6.84. The van der Waals surface area contributed by atoms with Gasteiger partial charge in [0.1, 0.15) is 18.3 Å². The third kappa shape index (κ3) is 6.50. The number of rotatable bonds is 9. The summed E-state index contributed by atoms with van der Waals surface area (Å²) in [6, 6.07) is 0. The van der Waals surface area contributed by atoms with E-state index >= 15 is 0 Å². The Morgan fingerprint density at radius 1 is 1.02 bits per heavy atom. The van der Waals surface area contributed by atoms with Crippen LogP contribution in [0.1, 0.15) is 68.5 Å². The number of nitrogens with one attached hydrogen (secondary N) is 1. The van der Waals surface area contributed by atoms with Crippen molar-refractivity contribution in [2.24, 2.45) is 0 Å². The van der Waals surface area contributed by atoms with Crippen LogP contribution >= 0.6 is 0 Å². The van der Waals surface area contributed by atoms with Crippen LogP contribution in [0.5, 0.6) is 5.88 Å². The average Bonchev–Trinajstić information content (AvgIpc) is 3.42. The van der Waals surface area contributed by atoms with Gasteiger partial charge in [-0.2, -0.15) is 9.97 Å². The summed E-state index contributed by atoms with van der Waals surface area (Å²) < 4.78 is 42.9. The second kappa shape index (κ2) is 12.6. The van der Waals surface area contributed by atoms with Crippen molar-refractivity contribution in [3.8, 4) is 5.88 Å². The van der Waals surface area contributed by atoms with E-state index in [0.717, 1.165) is 0 Å². The molecule has 2 aliphatic rings. The Labute approximate surface area is 259 Å². The summed E-state index contributed by atoms with van der Waals surface area (Å²) in [7, 11) is -6.29. The predicted octanol–water partition coefficient (Wildman–Crippen LogP) is 5.87. The molecule has 43 heavy (non-hydrogen) atoms. The highest BCUT2D eigenvalue weighted by Gasteiger charge is 2.62. The number of nitrogens with zero attached hydrogens (tertiary/aromatic N) is 4. The van der Waals surface area contributed by atoms with Gasteiger partial charge in [-0.05, 0) is 41.8 Å². The maximum Gasteiger partial charge on any atom is 0.335 e. The number of imidazole rings is 1. The molecule has 2 saturated heterocycles. The predicted molar refractivity (Wildman–Crippen MR) is 172 cm³/mol. The second-order valence-corrected chi connectivity index (χ2v) is 27.2. The molecule has 4 atom stereocenters. The number of anilines is 1. The van der Waals surface area contributed by atoms with Crippen LogP contribution in [-0.2, 0) is 26.9 Å². The molecule has 2 aliphatic heterocycles. The van der Waals surface area contributed by atoms with Crippen molar-refractivity contribution in [2.75, 3.05) is 19.0 Å². The Balaban J connectivity index is 1.89. The zero-order valence-electron chi connectivity index (χ0n) is 28.0. The number of ether oxygens (including phenoxy) is 2. The van der Waals surface area contributed by atoms with Crippen LogP contribution in [0, 0.1) is 0 Å². The van der Waals surface area contributed by atoms with E-state index in [4.69, 9.17) is 26.9 Å². The van der Waals surface area contributed by atoms with Crippen molar-refractivity contribution in [1.82, 2.24) is 19.5 Å². The average molecular weight is 654 g/mol. The number of methoxy groups -OCH3 is 1. The van der Waals surface area contributed by atoms with Crippen molar-refractivity contribution >= 4 is 48.5 Å². The topological polar surface area (TPSA) is 128 Å². The van der Waals surface area contributed by atoms with Gasteiger partial charge < -0.3 is 26.9 Å². The first kappa shape index (κ1) is 34.1. The summed E-state index contributed by atoms with van der Waals surface area (Å²) in [4.78, 5) is 25.4. The SMILES string of the molecule is COc1nc(NC(C)=O)nc2c1ncn2[C@@H]1O[C@@H]2CO[Si](C(C)C)(C(C)C)O[Si](C(C)C)(C(C)C)O[C@H]2[C@H]1O[Si](C)(C)C. The number of hydrogen-bond donors (Lipinski definition) is 1. The molecule has 0 spiro atoms. The van der Waals surface area contributed by atoms with Gasteiger partial charge in [0.25, 0.3) is 0 Å². The van der Waals surface area contributed by atoms with E-state index in [2.05, 4.69) is 95.3 Å². The summed E-state index contributed by atoms with van der Waals surface area (Å²) in [5, 5.41) is 2.66. The molecule has 2 fully saturated rings. The van der Waals surface area contributed by atoms with E-state index in [0.29, 0.717) is 17.8 Å². The van der Waals surface area contributed by atoms with Gasteiger partial charge in [-0.15, -0.1) is 0 Å². The van der Waals surface area contributed by atoms with E-state index < -0.39 is 50.0 Å². The van der Waals surface area contributed by atoms with E-state index in [9.17, 15) is 4.79 Å². The Kier molecular flexibility index (Phi) is 9.99. The van der Waals surface area contributed by atoms with Gasteiger partial charge in [-0.3, -0.25) is 14.7 Å². The lowest BCUT2D eigenvalue weighted by Gasteiger charge is -2.51. The highest BCUT2D eigenvalue weighted by Crippen LogP contribution is 2.49. The van der Waals surface area contributed by atoms with E-state index in [1.807, 2.05) is 4.57 Å². The first-order valence-electron chi connectivity index (χ1n) is 15.4. The van der Waals surface area contributed by atoms with Crippen molar-refractivity contribution in [1.29, 1.82) is 0 Å². The van der Waals surface area contributed by atoms with Crippen molar-refractivity contribution in [3.63, 3.8) is 0 Å². The maximum atomic E-state index is 11.9. The molecule has 0 aromatic carbocycles. The second-order valence-electron chi connectivity index (χ2n) is 13.9. The van der Waals surface area contributed by atoms with Crippen LogP contribution in [0.3, 0.4) is 0 Å². The number of amides is 1. The van der Waals surface area contributed by atoms with Crippen LogP contribution in [0.25, 0.3) is 11.2 Å². The fraction of sp³-hybridized carbons (Fsp3) is 0.786. The number of hydrogen-bond acceptors (Lipinski definition) is 10. The molecule has 2 aromatic rings. The summed E-state index contributed by atoms with van der Waals surface area (Å²) in [6.45, 7) is 25.9. The van der Waals surface area contributed by atoms with Crippen molar-refractivity contribution in [2.45, 2.75) is 129 Å². The largest absolute Gasteiger partial charge is 0.479 e. The molecule has 0 aliphatic carbocycles. The molecule has 242 valence electrons. The molecular formula is C28H51N5O7Si3. The van der Waals surface area contributed by atoms with Gasteiger partial charge in [0.2, 0.25) is 17.7 Å². The van der Waals surface area contributed by atoms with Gasteiger partial charge in [-0.1, -0.05) is 55.4 Å². The summed E-state index contributed by atoms with van der Waals surface area (Å²) in [5.74, 6) is 0.0806. The number of carbonyl (C=O) groups is 1. The summed E-state index contributed by atoms with van der Waals surface area (Å²) >= 11 is 0. The first-order chi connectivity index (χ1) is 20.0. The fourth-order valence-electron chi connectivity index (χ4n) is 6.31. The lowest BCUT2D eigenvalue weighted by Crippen LogP contribution is -2.66. The molecule has 0 unspecified atom stereocenters. The third-order valence-electron chi connectivity index (χ3n) is 8.25. The normalized spacial score (nSPS) is 25.8. The van der Waals surface area contributed by atoms with Crippen LogP contribution in [0.15, 0.2) is 6.33 Å². The molecule has 1 amide bonds. The van der Waals surface area contributed by atoms with Crippen LogP contribution < -0.4 is 10.1 Å². The minimum Gasteiger partial charge on any atom is -0.479 e. The summed E-state index contributed by atoms with van der Waals surface area (Å²) in [5.41, 5.74) is 1.68. The minimum atomic E-state index is -2.92. The van der Waals surface area contributed by atoms with Gasteiger partial charge in [0.05, 0.1) is 20.0 Å². The standard InChI is InChI=1S/C28H51N5O7Si3/c1-16(2)42(17(3)4)36-14-21-23(39-43(40-42,18(5)6)19(7)8)24(38-41(11,12)13)27(37-21)33-15-29-22-25(33)31-28(30-20(9)34)32-26(22)35-10/h15-19,21,23-24,27H,14H2,1-13H3,(H,30,31,32,34)/t21-,23-,24-,27-/m1/s1. The fourth-order valence-corrected chi connectivity index (χ4v) is 18.6. The zero-order chi connectivity index (χ0) is 32.1. The number of carbonyl (C=O) groups excluding carboxylic acids is 1. The Bertz CT molecular complexity index is 1280. The van der Waals surface area contributed by atoms with Gasteiger partial charge in [-0.25, -0.2) is 4.98 Å². The van der Waals surface area contributed by atoms with E-state index in [1.54, 1.807) is 6.33 Å². The maximum absolute atomic E-state index is 11.9. The molecule has 4 heterocycles. The smallest absolute Gasteiger partial charge is 0.335 e. The van der Waals surface area contributed by atoms with E-state index in [-0.39, 0.29) is 39.9 Å². The lowest BCUT2D eigenvalue weighted by atomic mass is 10.1. The molecule has 12 nitrogen and oxygen atoms in total.